The standard InChI is InChI=1S/C13H13BrClNO5/c14-9-3-7(15)1-2-11(9)21-6-12(18)16-5-8(17)4-10(16)13(19)20/h1-3,8,10,17H,4-6H2,(H,19,20)/t8-,10-/m0/s1. The number of aliphatic carboxylic acids is 1. The molecule has 1 aliphatic heterocycles. The number of aliphatic hydroxyl groups is 1. The molecule has 6 nitrogen and oxygen atoms in total. The summed E-state index contributed by atoms with van der Waals surface area (Å²) in [6.07, 6.45) is -0.788. The molecule has 1 amide bonds. The molecule has 1 aromatic carbocycles. The summed E-state index contributed by atoms with van der Waals surface area (Å²) < 4.78 is 5.95. The number of aliphatic hydroxyl groups excluding tert-OH is 1. The minimum absolute atomic E-state index is 0.000940. The molecular weight excluding hydrogens is 366 g/mol. The fourth-order valence-electron chi connectivity index (χ4n) is 2.14. The third-order valence-corrected chi connectivity index (χ3v) is 3.98. The predicted molar refractivity (Wildman–Crippen MR) is 78.4 cm³/mol. The Morgan fingerprint density at radius 1 is 1.48 bits per heavy atom. The lowest BCUT2D eigenvalue weighted by molar-refractivity contribution is -0.149. The molecule has 0 unspecified atom stereocenters. The number of likely N-dealkylation sites (tertiary alicyclic amines) is 1. The van der Waals surface area contributed by atoms with Crippen LogP contribution in [0.4, 0.5) is 0 Å². The van der Waals surface area contributed by atoms with E-state index in [-0.39, 0.29) is 19.6 Å². The number of carbonyl (C=O) groups is 2. The van der Waals surface area contributed by atoms with Crippen molar-refractivity contribution >= 4 is 39.4 Å². The van der Waals surface area contributed by atoms with Crippen LogP contribution in [0.3, 0.4) is 0 Å². The highest BCUT2D eigenvalue weighted by molar-refractivity contribution is 9.10. The molecule has 2 N–H and O–H groups in total. The molecular formula is C13H13BrClNO5. The normalized spacial score (nSPS) is 21.4. The second-order valence-electron chi connectivity index (χ2n) is 4.65. The van der Waals surface area contributed by atoms with E-state index in [1.807, 2.05) is 0 Å². The monoisotopic (exact) mass is 377 g/mol. The lowest BCUT2D eigenvalue weighted by Crippen LogP contribution is -2.42. The highest BCUT2D eigenvalue weighted by Gasteiger charge is 2.38. The minimum atomic E-state index is -1.13. The zero-order chi connectivity index (χ0) is 15.6. The molecule has 0 aromatic heterocycles. The highest BCUT2D eigenvalue weighted by atomic mass is 79.9. The zero-order valence-corrected chi connectivity index (χ0v) is 13.2. The first-order valence-corrected chi connectivity index (χ1v) is 7.33. The maximum atomic E-state index is 12.0. The van der Waals surface area contributed by atoms with Crippen molar-refractivity contribution in [3.63, 3.8) is 0 Å². The van der Waals surface area contributed by atoms with Crippen LogP contribution in [-0.4, -0.2) is 52.3 Å². The van der Waals surface area contributed by atoms with Gasteiger partial charge >= 0.3 is 5.97 Å². The van der Waals surface area contributed by atoms with Gasteiger partial charge in [0.05, 0.1) is 10.6 Å². The Labute approximate surface area is 134 Å². The number of carbonyl (C=O) groups excluding carboxylic acids is 1. The van der Waals surface area contributed by atoms with Gasteiger partial charge in [0.1, 0.15) is 11.8 Å². The van der Waals surface area contributed by atoms with Gasteiger partial charge < -0.3 is 19.8 Å². The average molecular weight is 379 g/mol. The number of amides is 1. The van der Waals surface area contributed by atoms with E-state index in [0.717, 1.165) is 4.90 Å². The zero-order valence-electron chi connectivity index (χ0n) is 10.8. The van der Waals surface area contributed by atoms with Gasteiger partial charge in [-0.1, -0.05) is 11.6 Å². The van der Waals surface area contributed by atoms with E-state index in [9.17, 15) is 14.7 Å². The van der Waals surface area contributed by atoms with Crippen LogP contribution in [-0.2, 0) is 9.59 Å². The topological polar surface area (TPSA) is 87.1 Å². The summed E-state index contributed by atoms with van der Waals surface area (Å²) in [5.41, 5.74) is 0. The number of carboxylic acids is 1. The van der Waals surface area contributed by atoms with E-state index >= 15 is 0 Å². The molecule has 0 aliphatic carbocycles. The SMILES string of the molecule is O=C(O)[C@@H]1C[C@H](O)CN1C(=O)COc1ccc(Cl)cc1Br. The first-order valence-electron chi connectivity index (χ1n) is 6.16. The van der Waals surface area contributed by atoms with Gasteiger partial charge in [0.25, 0.3) is 5.91 Å². The van der Waals surface area contributed by atoms with Crippen molar-refractivity contribution in [1.29, 1.82) is 0 Å². The van der Waals surface area contributed by atoms with E-state index in [2.05, 4.69) is 15.9 Å². The molecule has 0 bridgehead atoms. The maximum Gasteiger partial charge on any atom is 0.326 e. The van der Waals surface area contributed by atoms with Crippen LogP contribution in [0, 0.1) is 0 Å². The van der Waals surface area contributed by atoms with E-state index in [0.29, 0.717) is 15.2 Å². The Morgan fingerprint density at radius 3 is 2.81 bits per heavy atom. The van der Waals surface area contributed by atoms with Crippen molar-refractivity contribution in [2.24, 2.45) is 0 Å². The first-order chi connectivity index (χ1) is 9.88. The number of benzene rings is 1. The quantitative estimate of drug-likeness (QED) is 0.830. The Bertz CT molecular complexity index is 567. The molecule has 1 aliphatic rings. The van der Waals surface area contributed by atoms with Crippen molar-refractivity contribution in [3.8, 4) is 5.75 Å². The molecule has 1 heterocycles. The third kappa shape index (κ3) is 3.87. The fraction of sp³-hybridized carbons (Fsp3) is 0.385. The molecule has 1 saturated heterocycles. The van der Waals surface area contributed by atoms with E-state index < -0.39 is 24.0 Å². The lowest BCUT2D eigenvalue weighted by atomic mass is 10.2. The van der Waals surface area contributed by atoms with Crippen LogP contribution in [0.25, 0.3) is 0 Å². The summed E-state index contributed by atoms with van der Waals surface area (Å²) in [5, 5.41) is 19.1. The van der Waals surface area contributed by atoms with Crippen LogP contribution in [0.5, 0.6) is 5.75 Å². The summed E-state index contributed by atoms with van der Waals surface area (Å²) in [6.45, 7) is -0.308. The van der Waals surface area contributed by atoms with Gasteiger partial charge in [0.2, 0.25) is 0 Å². The summed E-state index contributed by atoms with van der Waals surface area (Å²) in [7, 11) is 0. The highest BCUT2D eigenvalue weighted by Crippen LogP contribution is 2.28. The summed E-state index contributed by atoms with van der Waals surface area (Å²) >= 11 is 9.06. The van der Waals surface area contributed by atoms with Gasteiger partial charge in [0.15, 0.2) is 6.61 Å². The third-order valence-electron chi connectivity index (χ3n) is 3.13. The van der Waals surface area contributed by atoms with Gasteiger partial charge in [-0.15, -0.1) is 0 Å². The van der Waals surface area contributed by atoms with Crippen molar-refractivity contribution < 1.29 is 24.5 Å². The Balaban J connectivity index is 1.99. The van der Waals surface area contributed by atoms with E-state index in [1.165, 1.54) is 0 Å². The Hall–Kier alpha value is -1.31. The number of nitrogens with zero attached hydrogens (tertiary/aromatic N) is 1. The summed E-state index contributed by atoms with van der Waals surface area (Å²) in [4.78, 5) is 24.2. The molecule has 2 rings (SSSR count). The molecule has 1 fully saturated rings. The van der Waals surface area contributed by atoms with E-state index in [4.69, 9.17) is 21.4 Å². The summed E-state index contributed by atoms with van der Waals surface area (Å²) in [6, 6.07) is 3.84. The number of hydrogen-bond acceptors (Lipinski definition) is 4. The molecule has 0 spiro atoms. The van der Waals surface area contributed by atoms with Crippen molar-refractivity contribution in [2.75, 3.05) is 13.2 Å². The smallest absolute Gasteiger partial charge is 0.326 e. The lowest BCUT2D eigenvalue weighted by Gasteiger charge is -2.21. The second-order valence-corrected chi connectivity index (χ2v) is 5.94. The average Bonchev–Trinajstić information content (AvgIpc) is 2.80. The summed E-state index contributed by atoms with van der Waals surface area (Å²) in [5.74, 6) is -1.19. The van der Waals surface area contributed by atoms with Crippen molar-refractivity contribution in [2.45, 2.75) is 18.6 Å². The van der Waals surface area contributed by atoms with Crippen molar-refractivity contribution in [1.82, 2.24) is 4.90 Å². The molecule has 0 saturated carbocycles. The molecule has 8 heteroatoms. The van der Waals surface area contributed by atoms with Gasteiger partial charge in [-0.05, 0) is 34.1 Å². The molecule has 0 radical (unpaired) electrons. The number of carboxylic acid groups (broad SMARTS) is 1. The number of hydrogen-bond donors (Lipinski definition) is 2. The van der Waals surface area contributed by atoms with Crippen LogP contribution >= 0.6 is 27.5 Å². The van der Waals surface area contributed by atoms with Crippen LogP contribution in [0.15, 0.2) is 22.7 Å². The first kappa shape index (κ1) is 16.1. The van der Waals surface area contributed by atoms with E-state index in [1.54, 1.807) is 18.2 Å². The largest absolute Gasteiger partial charge is 0.483 e. The fourth-order valence-corrected chi connectivity index (χ4v) is 2.94. The van der Waals surface area contributed by atoms with Crippen LogP contribution in [0.2, 0.25) is 5.02 Å². The predicted octanol–water partition coefficient (Wildman–Crippen LogP) is 1.53. The van der Waals surface area contributed by atoms with Gasteiger partial charge in [-0.25, -0.2) is 4.79 Å². The molecule has 2 atom stereocenters. The number of ether oxygens (including phenoxy) is 1. The van der Waals surface area contributed by atoms with Gasteiger partial charge in [0, 0.05) is 18.0 Å². The molecule has 1 aromatic rings. The number of halogens is 2. The van der Waals surface area contributed by atoms with Gasteiger partial charge in [-0.3, -0.25) is 4.79 Å². The minimum Gasteiger partial charge on any atom is -0.483 e. The van der Waals surface area contributed by atoms with Gasteiger partial charge in [-0.2, -0.15) is 0 Å². The van der Waals surface area contributed by atoms with Crippen molar-refractivity contribution in [3.05, 3.63) is 27.7 Å². The number of β-amino-alcohol motifs (C(OH)–C–C–N with tert-alkyl or cyclic N) is 1. The Kier molecular flexibility index (Phi) is 5.08. The van der Waals surface area contributed by atoms with Crippen LogP contribution < -0.4 is 4.74 Å². The number of rotatable bonds is 4. The second kappa shape index (κ2) is 6.64. The molecule has 21 heavy (non-hydrogen) atoms. The van der Waals surface area contributed by atoms with Crippen LogP contribution in [0.1, 0.15) is 6.42 Å². The maximum absolute atomic E-state index is 12.0. The Morgan fingerprint density at radius 2 is 2.19 bits per heavy atom. The molecule has 114 valence electrons.